The Balaban J connectivity index is 1.40. The number of rotatable bonds is 6. The number of oxazole rings is 1. The van der Waals surface area contributed by atoms with Gasteiger partial charge in [0.25, 0.3) is 5.69 Å². The Morgan fingerprint density at radius 3 is 1.97 bits per heavy atom. The van der Waals surface area contributed by atoms with E-state index in [0.717, 1.165) is 28.0 Å². The lowest BCUT2D eigenvalue weighted by Gasteiger charge is -1.98. The molecule has 1 aromatic heterocycles. The van der Waals surface area contributed by atoms with Gasteiger partial charge in [0.2, 0.25) is 5.89 Å². The first-order valence-corrected chi connectivity index (χ1v) is 9.40. The molecule has 0 aliphatic heterocycles. The number of nitrogens with zero attached hydrogens (tertiary/aromatic N) is 2. The van der Waals surface area contributed by atoms with Gasteiger partial charge in [-0.15, -0.1) is 0 Å². The van der Waals surface area contributed by atoms with Crippen LogP contribution in [0.2, 0.25) is 0 Å². The van der Waals surface area contributed by atoms with Crippen molar-refractivity contribution in [3.63, 3.8) is 0 Å². The molecule has 0 fully saturated rings. The molecule has 0 radical (unpaired) electrons. The Morgan fingerprint density at radius 1 is 0.767 bits per heavy atom. The van der Waals surface area contributed by atoms with Gasteiger partial charge in [-0.05, 0) is 35.4 Å². The predicted octanol–water partition coefficient (Wildman–Crippen LogP) is 6.64. The standard InChI is InChI=1S/C25H18N2O3/c28-27(29)23-16-12-20(13-17-23)7-5-4-6-19-10-14-22(15-11-19)25-26-18-24(30-25)21-8-2-1-3-9-21/h1-18H/b6-4+,7-5+. The van der Waals surface area contributed by atoms with Gasteiger partial charge in [-0.1, -0.05) is 66.8 Å². The molecule has 5 heteroatoms. The van der Waals surface area contributed by atoms with Crippen LogP contribution in [0.4, 0.5) is 5.69 Å². The van der Waals surface area contributed by atoms with Crippen LogP contribution in [-0.2, 0) is 0 Å². The lowest BCUT2D eigenvalue weighted by Crippen LogP contribution is -1.86. The van der Waals surface area contributed by atoms with E-state index < -0.39 is 4.92 Å². The molecule has 4 rings (SSSR count). The molecule has 0 unspecified atom stereocenters. The fraction of sp³-hybridized carbons (Fsp3) is 0. The van der Waals surface area contributed by atoms with Crippen molar-refractivity contribution in [3.8, 4) is 22.8 Å². The Bertz CT molecular complexity index is 1190. The topological polar surface area (TPSA) is 69.2 Å². The molecule has 0 aliphatic carbocycles. The van der Waals surface area contributed by atoms with E-state index in [2.05, 4.69) is 4.98 Å². The first-order chi connectivity index (χ1) is 14.7. The first kappa shape index (κ1) is 19.1. The van der Waals surface area contributed by atoms with Crippen LogP contribution in [0.1, 0.15) is 11.1 Å². The molecule has 0 saturated heterocycles. The van der Waals surface area contributed by atoms with Gasteiger partial charge in [-0.2, -0.15) is 0 Å². The smallest absolute Gasteiger partial charge is 0.269 e. The summed E-state index contributed by atoms with van der Waals surface area (Å²) in [6.07, 6.45) is 9.44. The summed E-state index contributed by atoms with van der Waals surface area (Å²) in [5.41, 5.74) is 3.94. The lowest BCUT2D eigenvalue weighted by molar-refractivity contribution is -0.384. The number of allylic oxidation sites excluding steroid dienone is 2. The average molecular weight is 394 g/mol. The molecule has 0 saturated carbocycles. The number of benzene rings is 3. The van der Waals surface area contributed by atoms with Crippen LogP contribution >= 0.6 is 0 Å². The zero-order chi connectivity index (χ0) is 20.8. The van der Waals surface area contributed by atoms with Gasteiger partial charge in [0.1, 0.15) is 0 Å². The monoisotopic (exact) mass is 394 g/mol. The van der Waals surface area contributed by atoms with Crippen molar-refractivity contribution in [2.24, 2.45) is 0 Å². The summed E-state index contributed by atoms with van der Waals surface area (Å²) in [6.45, 7) is 0. The quantitative estimate of drug-likeness (QED) is 0.209. The fourth-order valence-electron chi connectivity index (χ4n) is 2.92. The second-order valence-corrected chi connectivity index (χ2v) is 6.58. The molecule has 0 bridgehead atoms. The Labute approximate surface area is 173 Å². The van der Waals surface area contributed by atoms with Gasteiger partial charge in [0, 0.05) is 23.3 Å². The summed E-state index contributed by atoms with van der Waals surface area (Å²) >= 11 is 0. The molecule has 1 heterocycles. The molecule has 0 spiro atoms. The van der Waals surface area contributed by atoms with Crippen LogP contribution in [0.25, 0.3) is 34.9 Å². The van der Waals surface area contributed by atoms with Crippen LogP contribution in [0, 0.1) is 10.1 Å². The number of nitro benzene ring substituents is 1. The molecular formula is C25H18N2O3. The van der Waals surface area contributed by atoms with Crippen molar-refractivity contribution in [2.45, 2.75) is 0 Å². The van der Waals surface area contributed by atoms with Crippen molar-refractivity contribution >= 4 is 17.8 Å². The first-order valence-electron chi connectivity index (χ1n) is 9.40. The lowest BCUT2D eigenvalue weighted by atomic mass is 10.1. The summed E-state index contributed by atoms with van der Waals surface area (Å²) in [6, 6.07) is 24.2. The SMILES string of the molecule is O=[N+]([O-])c1ccc(/C=C/C=C/c2ccc(-c3ncc(-c4ccccc4)o3)cc2)cc1. The summed E-state index contributed by atoms with van der Waals surface area (Å²) in [4.78, 5) is 14.7. The zero-order valence-electron chi connectivity index (χ0n) is 16.0. The maximum absolute atomic E-state index is 10.7. The Kier molecular flexibility index (Phi) is 5.62. The maximum Gasteiger partial charge on any atom is 0.269 e. The summed E-state index contributed by atoms with van der Waals surface area (Å²) < 4.78 is 5.88. The third-order valence-electron chi connectivity index (χ3n) is 4.51. The molecule has 146 valence electrons. The minimum Gasteiger partial charge on any atom is -0.436 e. The fourth-order valence-corrected chi connectivity index (χ4v) is 2.92. The summed E-state index contributed by atoms with van der Waals surface area (Å²) in [5.74, 6) is 1.33. The highest BCUT2D eigenvalue weighted by Crippen LogP contribution is 2.26. The minimum atomic E-state index is -0.405. The van der Waals surface area contributed by atoms with Crippen LogP contribution in [0.15, 0.2) is 102 Å². The average Bonchev–Trinajstić information content (AvgIpc) is 3.28. The predicted molar refractivity (Wildman–Crippen MR) is 119 cm³/mol. The number of aromatic nitrogens is 1. The molecule has 0 N–H and O–H groups in total. The van der Waals surface area contributed by atoms with Crippen LogP contribution in [-0.4, -0.2) is 9.91 Å². The van der Waals surface area contributed by atoms with Crippen molar-refractivity contribution in [1.29, 1.82) is 0 Å². The normalized spacial score (nSPS) is 11.3. The van der Waals surface area contributed by atoms with E-state index in [0.29, 0.717) is 5.89 Å². The highest BCUT2D eigenvalue weighted by Gasteiger charge is 2.08. The van der Waals surface area contributed by atoms with Crippen molar-refractivity contribution in [3.05, 3.63) is 118 Å². The highest BCUT2D eigenvalue weighted by atomic mass is 16.6. The zero-order valence-corrected chi connectivity index (χ0v) is 16.0. The van der Waals surface area contributed by atoms with Gasteiger partial charge in [-0.25, -0.2) is 4.98 Å². The second-order valence-electron chi connectivity index (χ2n) is 6.58. The van der Waals surface area contributed by atoms with E-state index in [9.17, 15) is 10.1 Å². The van der Waals surface area contributed by atoms with Crippen LogP contribution < -0.4 is 0 Å². The van der Waals surface area contributed by atoms with Crippen molar-refractivity contribution in [1.82, 2.24) is 4.98 Å². The number of hydrogen-bond donors (Lipinski definition) is 0. The molecule has 30 heavy (non-hydrogen) atoms. The van der Waals surface area contributed by atoms with Gasteiger partial charge in [0.05, 0.1) is 11.1 Å². The molecular weight excluding hydrogens is 376 g/mol. The van der Waals surface area contributed by atoms with E-state index in [-0.39, 0.29) is 5.69 Å². The Morgan fingerprint density at radius 2 is 1.37 bits per heavy atom. The van der Waals surface area contributed by atoms with Crippen molar-refractivity contribution in [2.75, 3.05) is 0 Å². The van der Waals surface area contributed by atoms with E-state index >= 15 is 0 Å². The molecule has 0 amide bonds. The number of non-ortho nitro benzene ring substituents is 1. The third-order valence-corrected chi connectivity index (χ3v) is 4.51. The van der Waals surface area contributed by atoms with E-state index in [1.165, 1.54) is 12.1 Å². The van der Waals surface area contributed by atoms with E-state index in [1.54, 1.807) is 18.3 Å². The van der Waals surface area contributed by atoms with Crippen molar-refractivity contribution < 1.29 is 9.34 Å². The molecule has 4 aromatic rings. The van der Waals surface area contributed by atoms with Gasteiger partial charge in [-0.3, -0.25) is 10.1 Å². The highest BCUT2D eigenvalue weighted by molar-refractivity contribution is 5.63. The van der Waals surface area contributed by atoms with Crippen LogP contribution in [0.5, 0.6) is 0 Å². The summed E-state index contributed by atoms with van der Waals surface area (Å²) in [5, 5.41) is 10.7. The molecule has 0 atom stereocenters. The molecule has 5 nitrogen and oxygen atoms in total. The van der Waals surface area contributed by atoms with E-state index in [1.807, 2.05) is 78.9 Å². The van der Waals surface area contributed by atoms with E-state index in [4.69, 9.17) is 4.42 Å². The number of nitro groups is 1. The molecule has 0 aliphatic rings. The maximum atomic E-state index is 10.7. The Hall–Kier alpha value is -4.25. The van der Waals surface area contributed by atoms with Gasteiger partial charge < -0.3 is 4.42 Å². The largest absolute Gasteiger partial charge is 0.436 e. The second kappa shape index (κ2) is 8.84. The molecule has 3 aromatic carbocycles. The number of hydrogen-bond acceptors (Lipinski definition) is 4. The minimum absolute atomic E-state index is 0.0877. The van der Waals surface area contributed by atoms with Gasteiger partial charge >= 0.3 is 0 Å². The van der Waals surface area contributed by atoms with Crippen LogP contribution in [0.3, 0.4) is 0 Å². The third kappa shape index (κ3) is 4.59. The summed E-state index contributed by atoms with van der Waals surface area (Å²) in [7, 11) is 0. The van der Waals surface area contributed by atoms with Gasteiger partial charge in [0.15, 0.2) is 5.76 Å².